The minimum absolute atomic E-state index is 0.175. The molecule has 120 valence electrons. The first-order chi connectivity index (χ1) is 10.6. The minimum atomic E-state index is 0.175. The number of nitrogens with one attached hydrogen (secondary N) is 1. The monoisotopic (exact) mass is 338 g/mol. The largest absolute Gasteiger partial charge is 0.334 e. The molecule has 0 spiro atoms. The molecule has 1 N–H and O–H groups in total. The van der Waals surface area contributed by atoms with Crippen LogP contribution in [0.1, 0.15) is 31.4 Å². The molecule has 0 radical (unpaired) electrons. The van der Waals surface area contributed by atoms with Crippen LogP contribution in [-0.2, 0) is 4.79 Å². The summed E-state index contributed by atoms with van der Waals surface area (Å²) in [6.45, 7) is 3.98. The Labute approximate surface area is 141 Å². The smallest absolute Gasteiger partial charge is 0.226 e. The molecule has 22 heavy (non-hydrogen) atoms. The fraction of sp³-hybridized carbons (Fsp3) is 0.588. The first kappa shape index (κ1) is 16.2. The molecule has 0 aliphatic carbocycles. The molecule has 0 aromatic heterocycles. The maximum atomic E-state index is 13.0. The van der Waals surface area contributed by atoms with Gasteiger partial charge in [-0.25, -0.2) is 0 Å². The summed E-state index contributed by atoms with van der Waals surface area (Å²) in [5.74, 6) is 2.53. The topological polar surface area (TPSA) is 32.3 Å². The molecule has 3 atom stereocenters. The van der Waals surface area contributed by atoms with Crippen LogP contribution in [0.25, 0.3) is 0 Å². The minimum Gasteiger partial charge on any atom is -0.334 e. The number of rotatable bonds is 2. The number of benzene rings is 1. The lowest BCUT2D eigenvalue weighted by atomic mass is 9.91. The number of carbonyl (C=O) groups excluding carboxylic acids is 1. The number of piperidine rings is 1. The molecule has 3 nitrogen and oxygen atoms in total. The summed E-state index contributed by atoms with van der Waals surface area (Å²) in [4.78, 5) is 15.1. The summed E-state index contributed by atoms with van der Waals surface area (Å²) in [6, 6.07) is 8.59. The lowest BCUT2D eigenvalue weighted by Crippen LogP contribution is -2.47. The van der Waals surface area contributed by atoms with E-state index in [1.54, 1.807) is 0 Å². The lowest BCUT2D eigenvalue weighted by molar-refractivity contribution is -0.138. The molecule has 1 amide bonds. The van der Waals surface area contributed by atoms with Gasteiger partial charge in [-0.1, -0.05) is 23.7 Å². The Morgan fingerprint density at radius 3 is 2.86 bits per heavy atom. The van der Waals surface area contributed by atoms with Crippen molar-refractivity contribution in [3.63, 3.8) is 0 Å². The van der Waals surface area contributed by atoms with Gasteiger partial charge in [0.05, 0.1) is 6.04 Å². The van der Waals surface area contributed by atoms with Crippen LogP contribution in [0.15, 0.2) is 24.3 Å². The summed E-state index contributed by atoms with van der Waals surface area (Å²) < 4.78 is 0. The van der Waals surface area contributed by atoms with Crippen molar-refractivity contribution in [1.82, 2.24) is 10.2 Å². The number of carbonyl (C=O) groups is 1. The van der Waals surface area contributed by atoms with Crippen molar-refractivity contribution in [2.45, 2.75) is 31.8 Å². The van der Waals surface area contributed by atoms with Crippen molar-refractivity contribution in [1.29, 1.82) is 0 Å². The molecule has 1 unspecified atom stereocenters. The van der Waals surface area contributed by atoms with E-state index in [2.05, 4.69) is 29.3 Å². The third-order valence-electron chi connectivity index (χ3n) is 4.64. The van der Waals surface area contributed by atoms with Crippen LogP contribution in [0.4, 0.5) is 0 Å². The van der Waals surface area contributed by atoms with Gasteiger partial charge in [-0.3, -0.25) is 4.79 Å². The van der Waals surface area contributed by atoms with Crippen molar-refractivity contribution in [3.8, 4) is 0 Å². The molecule has 2 saturated heterocycles. The third kappa shape index (κ3) is 3.61. The summed E-state index contributed by atoms with van der Waals surface area (Å²) in [5, 5.41) is 4.18. The van der Waals surface area contributed by atoms with Gasteiger partial charge in [0.25, 0.3) is 0 Å². The van der Waals surface area contributed by atoms with Crippen molar-refractivity contribution in [2.24, 2.45) is 5.92 Å². The Kier molecular flexibility index (Phi) is 5.32. The van der Waals surface area contributed by atoms with E-state index < -0.39 is 0 Å². The van der Waals surface area contributed by atoms with Crippen LogP contribution >= 0.6 is 23.4 Å². The van der Waals surface area contributed by atoms with E-state index in [-0.39, 0.29) is 12.0 Å². The lowest BCUT2D eigenvalue weighted by Gasteiger charge is -2.39. The van der Waals surface area contributed by atoms with Crippen LogP contribution in [0.2, 0.25) is 5.02 Å². The predicted octanol–water partition coefficient (Wildman–Crippen LogP) is 3.34. The highest BCUT2D eigenvalue weighted by Crippen LogP contribution is 2.33. The maximum absolute atomic E-state index is 13.0. The average molecular weight is 339 g/mol. The fourth-order valence-electron chi connectivity index (χ4n) is 3.42. The molecule has 0 saturated carbocycles. The van der Waals surface area contributed by atoms with Crippen molar-refractivity contribution >= 4 is 29.3 Å². The zero-order chi connectivity index (χ0) is 15.5. The summed E-state index contributed by atoms with van der Waals surface area (Å²) in [6.07, 6.45) is 1.91. The van der Waals surface area contributed by atoms with Crippen LogP contribution in [-0.4, -0.2) is 41.4 Å². The number of halogens is 1. The molecule has 3 rings (SSSR count). The highest BCUT2D eigenvalue weighted by molar-refractivity contribution is 7.99. The van der Waals surface area contributed by atoms with Gasteiger partial charge in [0.2, 0.25) is 5.91 Å². The van der Waals surface area contributed by atoms with Crippen LogP contribution in [0.5, 0.6) is 0 Å². The standard InChI is InChI=1S/C17H23ClN2OS/c1-12-10-14(6-7-19-12)17(21)20-8-9-22-11-16(20)13-2-4-15(18)5-3-13/h2-5,12,14,16,19H,6-11H2,1H3/t12-,14-,16?/m0/s1. The summed E-state index contributed by atoms with van der Waals surface area (Å²) in [5.41, 5.74) is 1.20. The number of hydrogen-bond acceptors (Lipinski definition) is 3. The Bertz CT molecular complexity index is 522. The normalized spacial score (nSPS) is 29.4. The van der Waals surface area contributed by atoms with Crippen LogP contribution in [0.3, 0.4) is 0 Å². The SMILES string of the molecule is C[C@H]1C[C@@H](C(=O)N2CCSCC2c2ccc(Cl)cc2)CCN1. The molecule has 1 aromatic rings. The average Bonchev–Trinajstić information content (AvgIpc) is 2.55. The van der Waals surface area contributed by atoms with E-state index in [0.717, 1.165) is 42.5 Å². The first-order valence-electron chi connectivity index (χ1n) is 8.02. The van der Waals surface area contributed by atoms with E-state index in [4.69, 9.17) is 11.6 Å². The second kappa shape index (κ2) is 7.24. The molecule has 1 aromatic carbocycles. The van der Waals surface area contributed by atoms with Gasteiger partial charge in [-0.2, -0.15) is 11.8 Å². The van der Waals surface area contributed by atoms with Crippen LogP contribution in [0, 0.1) is 5.92 Å². The van der Waals surface area contributed by atoms with Gasteiger partial charge in [-0.05, 0) is 44.0 Å². The van der Waals surface area contributed by atoms with Crippen molar-refractivity contribution < 1.29 is 4.79 Å². The van der Waals surface area contributed by atoms with Gasteiger partial charge >= 0.3 is 0 Å². The molecule has 2 heterocycles. The Morgan fingerprint density at radius 1 is 1.36 bits per heavy atom. The quantitative estimate of drug-likeness (QED) is 0.897. The van der Waals surface area contributed by atoms with Crippen molar-refractivity contribution in [3.05, 3.63) is 34.9 Å². The van der Waals surface area contributed by atoms with Gasteiger partial charge in [0, 0.05) is 35.0 Å². The first-order valence-corrected chi connectivity index (χ1v) is 9.55. The van der Waals surface area contributed by atoms with Gasteiger partial charge in [0.1, 0.15) is 0 Å². The van der Waals surface area contributed by atoms with Crippen LogP contribution < -0.4 is 5.32 Å². The highest BCUT2D eigenvalue weighted by Gasteiger charge is 2.34. The predicted molar refractivity (Wildman–Crippen MR) is 93.4 cm³/mol. The number of nitrogens with zero attached hydrogens (tertiary/aromatic N) is 1. The van der Waals surface area contributed by atoms with Gasteiger partial charge in [-0.15, -0.1) is 0 Å². The zero-order valence-electron chi connectivity index (χ0n) is 12.9. The fourth-order valence-corrected chi connectivity index (χ4v) is 4.63. The molecule has 0 bridgehead atoms. The van der Waals surface area contributed by atoms with E-state index in [0.29, 0.717) is 11.9 Å². The van der Waals surface area contributed by atoms with E-state index in [1.807, 2.05) is 23.9 Å². The third-order valence-corrected chi connectivity index (χ3v) is 5.91. The Hall–Kier alpha value is -0.710. The van der Waals surface area contributed by atoms with E-state index in [9.17, 15) is 4.79 Å². The molecule has 2 aliphatic rings. The number of thioether (sulfide) groups is 1. The number of amides is 1. The number of hydrogen-bond donors (Lipinski definition) is 1. The molecular formula is C17H23ClN2OS. The molecular weight excluding hydrogens is 316 g/mol. The molecule has 5 heteroatoms. The molecule has 2 aliphatic heterocycles. The summed E-state index contributed by atoms with van der Waals surface area (Å²) >= 11 is 7.93. The second-order valence-corrected chi connectivity index (χ2v) is 7.84. The van der Waals surface area contributed by atoms with E-state index >= 15 is 0 Å². The van der Waals surface area contributed by atoms with Crippen molar-refractivity contribution in [2.75, 3.05) is 24.6 Å². The Balaban J connectivity index is 1.77. The zero-order valence-corrected chi connectivity index (χ0v) is 14.5. The molecule has 2 fully saturated rings. The second-order valence-electron chi connectivity index (χ2n) is 6.25. The Morgan fingerprint density at radius 2 is 2.14 bits per heavy atom. The highest BCUT2D eigenvalue weighted by atomic mass is 35.5. The van der Waals surface area contributed by atoms with E-state index in [1.165, 1.54) is 5.56 Å². The van der Waals surface area contributed by atoms with Gasteiger partial charge in [0.15, 0.2) is 0 Å². The maximum Gasteiger partial charge on any atom is 0.226 e. The van der Waals surface area contributed by atoms with Gasteiger partial charge < -0.3 is 10.2 Å². The summed E-state index contributed by atoms with van der Waals surface area (Å²) in [7, 11) is 0.